The SMILES string of the molecule is Cn1c(CCC2CC2)cccc1=N. The fourth-order valence-electron chi connectivity index (χ4n) is 1.64. The van der Waals surface area contributed by atoms with Gasteiger partial charge in [0.2, 0.25) is 0 Å². The summed E-state index contributed by atoms with van der Waals surface area (Å²) in [4.78, 5) is 0. The predicted molar refractivity (Wildman–Crippen MR) is 52.3 cm³/mol. The van der Waals surface area contributed by atoms with E-state index in [0.29, 0.717) is 5.49 Å². The first-order chi connectivity index (χ1) is 6.27. The number of hydrogen-bond donors (Lipinski definition) is 1. The highest BCUT2D eigenvalue weighted by atomic mass is 15.0. The maximum absolute atomic E-state index is 7.62. The van der Waals surface area contributed by atoms with Gasteiger partial charge in [-0.3, -0.25) is 5.41 Å². The Balaban J connectivity index is 2.09. The number of aromatic nitrogens is 1. The van der Waals surface area contributed by atoms with Crippen molar-refractivity contribution in [3.05, 3.63) is 29.4 Å². The number of pyridine rings is 1. The van der Waals surface area contributed by atoms with Gasteiger partial charge in [0.15, 0.2) is 0 Å². The van der Waals surface area contributed by atoms with Crippen molar-refractivity contribution in [3.63, 3.8) is 0 Å². The van der Waals surface area contributed by atoms with Crippen molar-refractivity contribution in [1.29, 1.82) is 5.41 Å². The van der Waals surface area contributed by atoms with E-state index < -0.39 is 0 Å². The molecule has 1 aromatic rings. The van der Waals surface area contributed by atoms with Crippen molar-refractivity contribution >= 4 is 0 Å². The summed E-state index contributed by atoms with van der Waals surface area (Å²) < 4.78 is 1.97. The average Bonchev–Trinajstić information content (AvgIpc) is 2.91. The Labute approximate surface area is 78.7 Å². The van der Waals surface area contributed by atoms with E-state index in [1.54, 1.807) is 0 Å². The van der Waals surface area contributed by atoms with Crippen LogP contribution < -0.4 is 5.49 Å². The Morgan fingerprint density at radius 2 is 2.23 bits per heavy atom. The molecular formula is C11H16N2. The van der Waals surface area contributed by atoms with E-state index in [9.17, 15) is 0 Å². The van der Waals surface area contributed by atoms with Gasteiger partial charge in [-0.25, -0.2) is 0 Å². The van der Waals surface area contributed by atoms with Crippen LogP contribution in [0.15, 0.2) is 18.2 Å². The first kappa shape index (κ1) is 8.54. The summed E-state index contributed by atoms with van der Waals surface area (Å²) in [5, 5.41) is 7.62. The average molecular weight is 176 g/mol. The van der Waals surface area contributed by atoms with Gasteiger partial charge in [-0.15, -0.1) is 0 Å². The molecule has 70 valence electrons. The van der Waals surface area contributed by atoms with Crippen LogP contribution in [0.3, 0.4) is 0 Å². The summed E-state index contributed by atoms with van der Waals surface area (Å²) in [7, 11) is 1.98. The second kappa shape index (κ2) is 3.36. The molecule has 2 heteroatoms. The lowest BCUT2D eigenvalue weighted by Gasteiger charge is -2.07. The fourth-order valence-corrected chi connectivity index (χ4v) is 1.64. The molecule has 13 heavy (non-hydrogen) atoms. The molecule has 2 rings (SSSR count). The van der Waals surface area contributed by atoms with Crippen LogP contribution >= 0.6 is 0 Å². The highest BCUT2D eigenvalue weighted by molar-refractivity contribution is 5.05. The van der Waals surface area contributed by atoms with Crippen molar-refractivity contribution in [1.82, 2.24) is 4.57 Å². The molecule has 0 saturated heterocycles. The molecule has 1 aromatic heterocycles. The summed E-state index contributed by atoms with van der Waals surface area (Å²) in [5.74, 6) is 0.981. The van der Waals surface area contributed by atoms with E-state index in [1.165, 1.54) is 25.0 Å². The highest BCUT2D eigenvalue weighted by Gasteiger charge is 2.20. The maximum atomic E-state index is 7.62. The predicted octanol–water partition coefficient (Wildman–Crippen LogP) is 1.85. The maximum Gasteiger partial charge on any atom is 0.124 e. The van der Waals surface area contributed by atoms with E-state index in [4.69, 9.17) is 5.41 Å². The lowest BCUT2D eigenvalue weighted by Crippen LogP contribution is -2.18. The zero-order valence-corrected chi connectivity index (χ0v) is 8.09. The second-order valence-corrected chi connectivity index (χ2v) is 3.94. The molecule has 1 N–H and O–H groups in total. The molecular weight excluding hydrogens is 160 g/mol. The third-order valence-electron chi connectivity index (χ3n) is 2.84. The minimum atomic E-state index is 0.605. The quantitative estimate of drug-likeness (QED) is 0.728. The zero-order chi connectivity index (χ0) is 9.26. The number of aryl methyl sites for hydroxylation is 1. The highest BCUT2D eigenvalue weighted by Crippen LogP contribution is 2.33. The van der Waals surface area contributed by atoms with Gasteiger partial charge in [0.05, 0.1) is 0 Å². The minimum absolute atomic E-state index is 0.605. The smallest absolute Gasteiger partial charge is 0.124 e. The van der Waals surface area contributed by atoms with E-state index >= 15 is 0 Å². The number of hydrogen-bond acceptors (Lipinski definition) is 1. The van der Waals surface area contributed by atoms with Crippen LogP contribution in [-0.2, 0) is 13.5 Å². The van der Waals surface area contributed by atoms with Crippen LogP contribution in [0.2, 0.25) is 0 Å². The first-order valence-electron chi connectivity index (χ1n) is 4.97. The van der Waals surface area contributed by atoms with Crippen LogP contribution in [0.4, 0.5) is 0 Å². The van der Waals surface area contributed by atoms with Crippen LogP contribution in [-0.4, -0.2) is 4.57 Å². The van der Waals surface area contributed by atoms with E-state index in [0.717, 1.165) is 12.3 Å². The van der Waals surface area contributed by atoms with Crippen LogP contribution in [0.5, 0.6) is 0 Å². The number of nitrogens with zero attached hydrogens (tertiary/aromatic N) is 1. The monoisotopic (exact) mass is 176 g/mol. The van der Waals surface area contributed by atoms with Crippen molar-refractivity contribution in [2.45, 2.75) is 25.7 Å². The Morgan fingerprint density at radius 1 is 1.46 bits per heavy atom. The third-order valence-corrected chi connectivity index (χ3v) is 2.84. The standard InChI is InChI=1S/C11H16N2/c1-13-10(3-2-4-11(13)12)8-7-9-5-6-9/h2-4,9,12H,5-8H2,1H3. The minimum Gasteiger partial charge on any atom is -0.334 e. The summed E-state index contributed by atoms with van der Waals surface area (Å²) in [6.45, 7) is 0. The molecule has 0 radical (unpaired) electrons. The molecule has 0 spiro atoms. The molecule has 1 aliphatic carbocycles. The first-order valence-corrected chi connectivity index (χ1v) is 4.97. The van der Waals surface area contributed by atoms with Gasteiger partial charge in [-0.05, 0) is 30.9 Å². The molecule has 2 nitrogen and oxygen atoms in total. The van der Waals surface area contributed by atoms with Gasteiger partial charge in [-0.2, -0.15) is 0 Å². The Hall–Kier alpha value is -1.05. The topological polar surface area (TPSA) is 28.8 Å². The molecule has 1 saturated carbocycles. The normalized spacial score (nSPS) is 16.1. The van der Waals surface area contributed by atoms with Gasteiger partial charge in [-0.1, -0.05) is 18.9 Å². The van der Waals surface area contributed by atoms with Crippen molar-refractivity contribution in [3.8, 4) is 0 Å². The second-order valence-electron chi connectivity index (χ2n) is 3.94. The van der Waals surface area contributed by atoms with Gasteiger partial charge < -0.3 is 4.57 Å². The molecule has 0 atom stereocenters. The summed E-state index contributed by atoms with van der Waals surface area (Å²) in [6, 6.07) is 5.94. The molecule has 0 aromatic carbocycles. The van der Waals surface area contributed by atoms with Crippen molar-refractivity contribution in [2.24, 2.45) is 13.0 Å². The molecule has 0 bridgehead atoms. The van der Waals surface area contributed by atoms with Gasteiger partial charge in [0, 0.05) is 12.7 Å². The third kappa shape index (κ3) is 2.00. The van der Waals surface area contributed by atoms with E-state index in [-0.39, 0.29) is 0 Å². The summed E-state index contributed by atoms with van der Waals surface area (Å²) in [5.41, 5.74) is 1.90. The Bertz CT molecular complexity index is 347. The van der Waals surface area contributed by atoms with Gasteiger partial charge in [0.1, 0.15) is 5.49 Å². The molecule has 1 aliphatic rings. The van der Waals surface area contributed by atoms with Crippen molar-refractivity contribution < 1.29 is 0 Å². The van der Waals surface area contributed by atoms with Crippen LogP contribution in [0.25, 0.3) is 0 Å². The lowest BCUT2D eigenvalue weighted by atomic mass is 10.1. The van der Waals surface area contributed by atoms with E-state index in [1.807, 2.05) is 23.7 Å². The zero-order valence-electron chi connectivity index (χ0n) is 8.09. The summed E-state index contributed by atoms with van der Waals surface area (Å²) >= 11 is 0. The molecule has 0 amide bonds. The largest absolute Gasteiger partial charge is 0.334 e. The van der Waals surface area contributed by atoms with Crippen LogP contribution in [0, 0.1) is 11.3 Å². The summed E-state index contributed by atoms with van der Waals surface area (Å²) in [6.07, 6.45) is 5.28. The molecule has 1 fully saturated rings. The lowest BCUT2D eigenvalue weighted by molar-refractivity contribution is 0.663. The number of nitrogens with one attached hydrogen (secondary N) is 1. The number of rotatable bonds is 3. The van der Waals surface area contributed by atoms with E-state index in [2.05, 4.69) is 6.07 Å². The van der Waals surface area contributed by atoms with Gasteiger partial charge >= 0.3 is 0 Å². The molecule has 0 aliphatic heterocycles. The van der Waals surface area contributed by atoms with Gasteiger partial charge in [0.25, 0.3) is 0 Å². The van der Waals surface area contributed by atoms with Crippen molar-refractivity contribution in [2.75, 3.05) is 0 Å². The molecule has 0 unspecified atom stereocenters. The molecule has 1 heterocycles. The fraction of sp³-hybridized carbons (Fsp3) is 0.545. The Kier molecular flexibility index (Phi) is 2.21. The Morgan fingerprint density at radius 3 is 2.92 bits per heavy atom. The van der Waals surface area contributed by atoms with Crippen LogP contribution in [0.1, 0.15) is 25.0 Å².